The quantitative estimate of drug-likeness (QED) is 0.593. The monoisotopic (exact) mass is 277 g/mol. The Morgan fingerprint density at radius 2 is 2.15 bits per heavy atom. The summed E-state index contributed by atoms with van der Waals surface area (Å²) in [7, 11) is 1.60. The molecule has 0 aromatic heterocycles. The predicted molar refractivity (Wildman–Crippen MR) is 77.6 cm³/mol. The minimum absolute atomic E-state index is 0.0842. The van der Waals surface area contributed by atoms with Crippen molar-refractivity contribution in [3.05, 3.63) is 35.4 Å². The average molecular weight is 277 g/mol. The third-order valence-electron chi connectivity index (χ3n) is 2.72. The van der Waals surface area contributed by atoms with Gasteiger partial charge < -0.3 is 15.2 Å². The van der Waals surface area contributed by atoms with Gasteiger partial charge in [0.1, 0.15) is 0 Å². The molecule has 0 fully saturated rings. The molecule has 0 atom stereocenters. The summed E-state index contributed by atoms with van der Waals surface area (Å²) < 4.78 is 4.89. The van der Waals surface area contributed by atoms with Crippen molar-refractivity contribution in [2.45, 2.75) is 19.8 Å². The maximum absolute atomic E-state index is 11.7. The van der Waals surface area contributed by atoms with Gasteiger partial charge in [-0.05, 0) is 42.7 Å². The number of hydrogen-bond acceptors (Lipinski definition) is 3. The Labute approximate surface area is 118 Å². The molecule has 0 aliphatic heterocycles. The highest BCUT2D eigenvalue weighted by Crippen LogP contribution is 2.17. The van der Waals surface area contributed by atoms with E-state index >= 15 is 0 Å². The summed E-state index contributed by atoms with van der Waals surface area (Å²) in [6.45, 7) is 2.43. The lowest BCUT2D eigenvalue weighted by molar-refractivity contribution is -0.131. The smallest absolute Gasteiger partial charge is 0.328 e. The van der Waals surface area contributed by atoms with Gasteiger partial charge >= 0.3 is 5.97 Å². The molecule has 1 aromatic carbocycles. The second-order valence-electron chi connectivity index (χ2n) is 4.39. The van der Waals surface area contributed by atoms with Crippen LogP contribution in [0, 0.1) is 6.92 Å². The van der Waals surface area contributed by atoms with E-state index in [-0.39, 0.29) is 5.91 Å². The number of aryl methyl sites for hydroxylation is 1. The van der Waals surface area contributed by atoms with E-state index in [1.807, 2.05) is 13.0 Å². The Morgan fingerprint density at radius 3 is 2.80 bits per heavy atom. The van der Waals surface area contributed by atoms with Crippen molar-refractivity contribution < 1.29 is 19.4 Å². The molecule has 2 N–H and O–H groups in total. The van der Waals surface area contributed by atoms with E-state index in [2.05, 4.69) is 5.32 Å². The molecule has 1 aromatic rings. The first-order valence-electron chi connectivity index (χ1n) is 6.33. The van der Waals surface area contributed by atoms with Crippen molar-refractivity contribution >= 4 is 23.6 Å². The molecule has 0 unspecified atom stereocenters. The van der Waals surface area contributed by atoms with Gasteiger partial charge in [0.25, 0.3) is 0 Å². The molecule has 0 aliphatic rings. The van der Waals surface area contributed by atoms with Crippen LogP contribution in [0.4, 0.5) is 5.69 Å². The second-order valence-corrected chi connectivity index (χ2v) is 4.39. The van der Waals surface area contributed by atoms with Crippen LogP contribution >= 0.6 is 0 Å². The zero-order chi connectivity index (χ0) is 15.0. The van der Waals surface area contributed by atoms with Crippen LogP contribution < -0.4 is 5.32 Å². The first kappa shape index (κ1) is 15.9. The highest BCUT2D eigenvalue weighted by molar-refractivity contribution is 5.91. The first-order chi connectivity index (χ1) is 9.52. The fourth-order valence-corrected chi connectivity index (χ4v) is 1.66. The van der Waals surface area contributed by atoms with Crippen LogP contribution in [0.5, 0.6) is 0 Å². The highest BCUT2D eigenvalue weighted by Gasteiger charge is 2.04. The molecule has 1 rings (SSSR count). The van der Waals surface area contributed by atoms with Crippen molar-refractivity contribution in [3.8, 4) is 0 Å². The van der Waals surface area contributed by atoms with E-state index in [1.165, 1.54) is 6.08 Å². The van der Waals surface area contributed by atoms with E-state index in [9.17, 15) is 9.59 Å². The summed E-state index contributed by atoms with van der Waals surface area (Å²) >= 11 is 0. The molecule has 0 saturated carbocycles. The van der Waals surface area contributed by atoms with Crippen molar-refractivity contribution in [2.75, 3.05) is 19.0 Å². The summed E-state index contributed by atoms with van der Waals surface area (Å²) in [5.74, 6) is -1.09. The molecular weight excluding hydrogens is 258 g/mol. The van der Waals surface area contributed by atoms with Crippen LogP contribution in [0.1, 0.15) is 24.0 Å². The fourth-order valence-electron chi connectivity index (χ4n) is 1.66. The van der Waals surface area contributed by atoms with Gasteiger partial charge in [0.2, 0.25) is 5.91 Å². The number of nitrogens with one attached hydrogen (secondary N) is 1. The molecule has 20 heavy (non-hydrogen) atoms. The summed E-state index contributed by atoms with van der Waals surface area (Å²) in [5, 5.41) is 11.4. The fraction of sp³-hybridized carbons (Fsp3) is 0.333. The van der Waals surface area contributed by atoms with Gasteiger partial charge in [-0.15, -0.1) is 0 Å². The van der Waals surface area contributed by atoms with E-state index in [0.29, 0.717) is 25.1 Å². The number of carbonyl (C=O) groups excluding carboxylic acids is 1. The predicted octanol–water partition coefficient (Wildman–Crippen LogP) is 2.46. The summed E-state index contributed by atoms with van der Waals surface area (Å²) in [5.41, 5.74) is 2.37. The normalized spacial score (nSPS) is 10.7. The summed E-state index contributed by atoms with van der Waals surface area (Å²) in [4.78, 5) is 22.2. The van der Waals surface area contributed by atoms with Crippen molar-refractivity contribution in [1.82, 2.24) is 0 Å². The maximum Gasteiger partial charge on any atom is 0.328 e. The number of carboxylic acid groups (broad SMARTS) is 1. The number of methoxy groups -OCH3 is 1. The topological polar surface area (TPSA) is 75.6 Å². The number of ether oxygens (including phenoxy) is 1. The summed E-state index contributed by atoms with van der Waals surface area (Å²) in [6, 6.07) is 5.39. The number of hydrogen-bond donors (Lipinski definition) is 2. The van der Waals surface area contributed by atoms with Gasteiger partial charge in [0.05, 0.1) is 0 Å². The zero-order valence-corrected chi connectivity index (χ0v) is 11.7. The molecule has 1 amide bonds. The number of aliphatic carboxylic acids is 1. The van der Waals surface area contributed by atoms with Crippen molar-refractivity contribution in [3.63, 3.8) is 0 Å². The van der Waals surface area contributed by atoms with Crippen LogP contribution in [0.15, 0.2) is 24.3 Å². The Hall–Kier alpha value is -2.14. The molecule has 0 spiro atoms. The van der Waals surface area contributed by atoms with Crippen molar-refractivity contribution in [2.24, 2.45) is 0 Å². The third kappa shape index (κ3) is 5.67. The number of benzene rings is 1. The van der Waals surface area contributed by atoms with Gasteiger partial charge in [0.15, 0.2) is 0 Å². The van der Waals surface area contributed by atoms with E-state index in [4.69, 9.17) is 9.84 Å². The zero-order valence-electron chi connectivity index (χ0n) is 11.7. The molecule has 0 aliphatic carbocycles. The number of amides is 1. The maximum atomic E-state index is 11.7. The standard InChI is InChI=1S/C15H19NO4/c1-11-5-7-13(10-12(11)6-8-15(18)19)16-14(17)4-3-9-20-2/h5-8,10H,3-4,9H2,1-2H3,(H,16,17)(H,18,19)/b8-6+. The molecule has 5 nitrogen and oxygen atoms in total. The van der Waals surface area contributed by atoms with Crippen molar-refractivity contribution in [1.29, 1.82) is 0 Å². The lowest BCUT2D eigenvalue weighted by Gasteiger charge is -2.08. The number of anilines is 1. The van der Waals surface area contributed by atoms with E-state index in [0.717, 1.165) is 17.2 Å². The second kappa shape index (κ2) is 8.12. The first-order valence-corrected chi connectivity index (χ1v) is 6.33. The number of rotatable bonds is 7. The Balaban J connectivity index is 2.69. The number of carbonyl (C=O) groups is 2. The van der Waals surface area contributed by atoms with Crippen LogP contribution in [0.3, 0.4) is 0 Å². The Bertz CT molecular complexity index is 509. The molecule has 0 bridgehead atoms. The van der Waals surface area contributed by atoms with Gasteiger partial charge in [-0.1, -0.05) is 6.07 Å². The lowest BCUT2D eigenvalue weighted by atomic mass is 10.1. The van der Waals surface area contributed by atoms with Crippen LogP contribution in [-0.2, 0) is 14.3 Å². The molecule has 5 heteroatoms. The highest BCUT2D eigenvalue weighted by atomic mass is 16.5. The van der Waals surface area contributed by atoms with Gasteiger partial charge in [-0.3, -0.25) is 4.79 Å². The molecule has 0 radical (unpaired) electrons. The summed E-state index contributed by atoms with van der Waals surface area (Å²) in [6.07, 6.45) is 3.65. The van der Waals surface area contributed by atoms with Gasteiger partial charge in [0, 0.05) is 31.9 Å². The minimum atomic E-state index is -1.00. The molecule has 108 valence electrons. The molecule has 0 saturated heterocycles. The number of carboxylic acids is 1. The Morgan fingerprint density at radius 1 is 1.40 bits per heavy atom. The minimum Gasteiger partial charge on any atom is -0.478 e. The van der Waals surface area contributed by atoms with E-state index in [1.54, 1.807) is 19.2 Å². The molecule has 0 heterocycles. The van der Waals surface area contributed by atoms with Gasteiger partial charge in [-0.25, -0.2) is 4.79 Å². The van der Waals surface area contributed by atoms with Crippen LogP contribution in [0.25, 0.3) is 6.08 Å². The van der Waals surface area contributed by atoms with Gasteiger partial charge in [-0.2, -0.15) is 0 Å². The van der Waals surface area contributed by atoms with Crippen LogP contribution in [-0.4, -0.2) is 30.7 Å². The van der Waals surface area contributed by atoms with E-state index < -0.39 is 5.97 Å². The SMILES string of the molecule is COCCCC(=O)Nc1ccc(C)c(/C=C/C(=O)O)c1. The average Bonchev–Trinajstić information content (AvgIpc) is 2.39. The largest absolute Gasteiger partial charge is 0.478 e. The third-order valence-corrected chi connectivity index (χ3v) is 2.72. The Kier molecular flexibility index (Phi) is 6.46. The molecular formula is C15H19NO4. The lowest BCUT2D eigenvalue weighted by Crippen LogP contribution is -2.12. The van der Waals surface area contributed by atoms with Crippen LogP contribution in [0.2, 0.25) is 0 Å².